The Bertz CT molecular complexity index is 904. The molecular formula is C26H36N2O6. The van der Waals surface area contributed by atoms with Crippen LogP contribution in [0.5, 0.6) is 5.75 Å². The van der Waals surface area contributed by atoms with Crippen LogP contribution >= 0.6 is 0 Å². The second-order valence-corrected chi connectivity index (χ2v) is 9.71. The van der Waals surface area contributed by atoms with E-state index in [0.717, 1.165) is 5.75 Å². The van der Waals surface area contributed by atoms with E-state index in [1.165, 1.54) is 31.2 Å². The van der Waals surface area contributed by atoms with Crippen molar-refractivity contribution in [2.24, 2.45) is 0 Å². The van der Waals surface area contributed by atoms with E-state index in [1.54, 1.807) is 24.3 Å². The number of nitrogens with zero attached hydrogens (tertiary/aromatic N) is 1. The molecule has 0 aromatic heterocycles. The Morgan fingerprint density at radius 2 is 1.76 bits per heavy atom. The van der Waals surface area contributed by atoms with Gasteiger partial charge in [-0.25, -0.2) is 9.63 Å². The third-order valence-electron chi connectivity index (χ3n) is 5.81. The van der Waals surface area contributed by atoms with Gasteiger partial charge in [-0.2, -0.15) is 0 Å². The van der Waals surface area contributed by atoms with Gasteiger partial charge in [0, 0.05) is 12.1 Å². The zero-order chi connectivity index (χ0) is 24.6. The van der Waals surface area contributed by atoms with E-state index in [2.05, 4.69) is 37.0 Å². The van der Waals surface area contributed by atoms with E-state index in [-0.39, 0.29) is 24.1 Å². The van der Waals surface area contributed by atoms with E-state index in [4.69, 9.17) is 19.9 Å². The maximum atomic E-state index is 12.8. The molecule has 1 aliphatic carbocycles. The number of hydrogen-bond donors (Lipinski definition) is 3. The van der Waals surface area contributed by atoms with Crippen LogP contribution in [0.3, 0.4) is 0 Å². The number of carbonyl (C=O) groups is 1. The number of ether oxygens (including phenoxy) is 2. The highest BCUT2D eigenvalue weighted by Gasteiger charge is 2.23. The van der Waals surface area contributed by atoms with Crippen molar-refractivity contribution < 1.29 is 29.5 Å². The smallest absolute Gasteiger partial charge is 0.338 e. The Balaban J connectivity index is 1.64. The van der Waals surface area contributed by atoms with Gasteiger partial charge in [-0.15, -0.1) is 0 Å². The third kappa shape index (κ3) is 8.38. The van der Waals surface area contributed by atoms with E-state index < -0.39 is 12.1 Å². The molecular weight excluding hydrogens is 436 g/mol. The van der Waals surface area contributed by atoms with Crippen molar-refractivity contribution >= 4 is 5.97 Å². The van der Waals surface area contributed by atoms with Crippen LogP contribution < -0.4 is 10.1 Å². The molecule has 0 heterocycles. The van der Waals surface area contributed by atoms with Crippen molar-refractivity contribution in [3.05, 3.63) is 65.2 Å². The maximum absolute atomic E-state index is 12.8. The van der Waals surface area contributed by atoms with Crippen LogP contribution in [0, 0.1) is 0 Å². The summed E-state index contributed by atoms with van der Waals surface area (Å²) in [7, 11) is 0. The van der Waals surface area contributed by atoms with Gasteiger partial charge in [-0.1, -0.05) is 43.2 Å². The average Bonchev–Trinajstić information content (AvgIpc) is 3.34. The number of carbonyl (C=O) groups excluding carboxylic acids is 1. The Kier molecular flexibility index (Phi) is 9.44. The number of esters is 1. The molecule has 0 aliphatic heterocycles. The fraction of sp³-hybridized carbons (Fsp3) is 0.500. The molecule has 0 radical (unpaired) electrons. The van der Waals surface area contributed by atoms with E-state index in [9.17, 15) is 4.79 Å². The van der Waals surface area contributed by atoms with Gasteiger partial charge < -0.3 is 14.8 Å². The molecule has 0 amide bonds. The molecule has 1 aliphatic rings. The molecule has 3 rings (SSSR count). The monoisotopic (exact) mass is 472 g/mol. The molecule has 0 saturated heterocycles. The van der Waals surface area contributed by atoms with Crippen LogP contribution in [0.2, 0.25) is 0 Å². The van der Waals surface area contributed by atoms with Crippen molar-refractivity contribution in [3.8, 4) is 5.75 Å². The largest absolute Gasteiger partial charge is 0.489 e. The van der Waals surface area contributed by atoms with Gasteiger partial charge in [0.15, 0.2) is 0 Å². The first kappa shape index (κ1) is 26.1. The maximum Gasteiger partial charge on any atom is 0.338 e. The second-order valence-electron chi connectivity index (χ2n) is 9.71. The summed E-state index contributed by atoms with van der Waals surface area (Å²) in [4.78, 5) is 17.4. The van der Waals surface area contributed by atoms with E-state index >= 15 is 0 Å². The fourth-order valence-electron chi connectivity index (χ4n) is 4.01. The normalized spacial score (nSPS) is 15.5. The summed E-state index contributed by atoms with van der Waals surface area (Å²) < 4.78 is 12.0. The summed E-state index contributed by atoms with van der Waals surface area (Å²) in [5.74, 6) is 0.931. The Morgan fingerprint density at radius 1 is 1.09 bits per heavy atom. The summed E-state index contributed by atoms with van der Waals surface area (Å²) in [6, 6.07) is 14.7. The van der Waals surface area contributed by atoms with Crippen molar-refractivity contribution in [2.45, 2.75) is 70.6 Å². The topological polar surface area (TPSA) is 100 Å². The quantitative estimate of drug-likeness (QED) is 0.315. The summed E-state index contributed by atoms with van der Waals surface area (Å²) in [6.07, 6.45) is 4.37. The SMILES string of the molecule is CC(C)(C)NC[C@@H](COc1ccccc1C1CCCC1)OC(=O)c1ccc(CON(O)O)cc1. The van der Waals surface area contributed by atoms with Crippen molar-refractivity contribution in [3.63, 3.8) is 0 Å². The second kappa shape index (κ2) is 12.3. The molecule has 1 atom stereocenters. The van der Waals surface area contributed by atoms with Crippen LogP contribution in [0.4, 0.5) is 0 Å². The lowest BCUT2D eigenvalue weighted by Gasteiger charge is -2.26. The van der Waals surface area contributed by atoms with Gasteiger partial charge in [-0.3, -0.25) is 10.4 Å². The Labute approximate surface area is 201 Å². The molecule has 3 N–H and O–H groups in total. The summed E-state index contributed by atoms with van der Waals surface area (Å²) in [6.45, 7) is 6.83. The minimum Gasteiger partial charge on any atom is -0.489 e. The minimum absolute atomic E-state index is 0.0469. The fourth-order valence-corrected chi connectivity index (χ4v) is 4.01. The molecule has 2 aromatic rings. The molecule has 34 heavy (non-hydrogen) atoms. The Hall–Kier alpha value is -2.49. The molecule has 8 nitrogen and oxygen atoms in total. The number of para-hydroxylation sites is 1. The van der Waals surface area contributed by atoms with Crippen LogP contribution in [-0.4, -0.2) is 46.6 Å². The zero-order valence-electron chi connectivity index (χ0n) is 20.2. The number of nitrogens with one attached hydrogen (secondary N) is 1. The van der Waals surface area contributed by atoms with Gasteiger partial charge in [-0.05, 0) is 68.9 Å². The standard InChI is InChI=1S/C26H36N2O6/c1-26(2,3)27-16-22(18-32-24-11-7-6-10-23(24)20-8-4-5-9-20)34-25(29)21-14-12-19(13-15-21)17-33-28(30)31/h6-7,10-15,20,22,27,30-31H,4-5,8-9,16-18H2,1-3H3/t22-/m0/s1. The molecule has 2 aromatic carbocycles. The highest BCUT2D eigenvalue weighted by atomic mass is 17.1. The van der Waals surface area contributed by atoms with Crippen molar-refractivity contribution in [2.75, 3.05) is 13.2 Å². The highest BCUT2D eigenvalue weighted by molar-refractivity contribution is 5.89. The van der Waals surface area contributed by atoms with Crippen LogP contribution in [0.25, 0.3) is 0 Å². The average molecular weight is 473 g/mol. The van der Waals surface area contributed by atoms with Crippen LogP contribution in [-0.2, 0) is 16.2 Å². The molecule has 0 spiro atoms. The lowest BCUT2D eigenvalue weighted by Crippen LogP contribution is -2.44. The number of benzene rings is 2. The molecule has 1 fully saturated rings. The van der Waals surface area contributed by atoms with Gasteiger partial charge in [0.2, 0.25) is 0 Å². The van der Waals surface area contributed by atoms with Gasteiger partial charge in [0.05, 0.1) is 17.6 Å². The number of rotatable bonds is 11. The highest BCUT2D eigenvalue weighted by Crippen LogP contribution is 2.38. The minimum atomic E-state index is -0.483. The summed E-state index contributed by atoms with van der Waals surface area (Å²) in [5.41, 5.74) is 2.15. The van der Waals surface area contributed by atoms with E-state index in [1.807, 2.05) is 18.2 Å². The lowest BCUT2D eigenvalue weighted by atomic mass is 9.97. The zero-order valence-corrected chi connectivity index (χ0v) is 20.2. The van der Waals surface area contributed by atoms with Crippen molar-refractivity contribution in [1.82, 2.24) is 10.7 Å². The van der Waals surface area contributed by atoms with Crippen LogP contribution in [0.1, 0.15) is 73.9 Å². The van der Waals surface area contributed by atoms with E-state index in [0.29, 0.717) is 23.6 Å². The third-order valence-corrected chi connectivity index (χ3v) is 5.81. The Morgan fingerprint density at radius 3 is 2.41 bits per heavy atom. The molecule has 8 heteroatoms. The predicted molar refractivity (Wildman–Crippen MR) is 127 cm³/mol. The summed E-state index contributed by atoms with van der Waals surface area (Å²) in [5, 5.41) is 20.3. The van der Waals surface area contributed by atoms with Gasteiger partial charge in [0.25, 0.3) is 0 Å². The van der Waals surface area contributed by atoms with Gasteiger partial charge in [0.1, 0.15) is 18.5 Å². The summed E-state index contributed by atoms with van der Waals surface area (Å²) >= 11 is 0. The molecule has 186 valence electrons. The molecule has 1 saturated carbocycles. The van der Waals surface area contributed by atoms with Gasteiger partial charge >= 0.3 is 5.97 Å². The van der Waals surface area contributed by atoms with Crippen molar-refractivity contribution in [1.29, 1.82) is 0 Å². The molecule has 0 bridgehead atoms. The predicted octanol–water partition coefficient (Wildman–Crippen LogP) is 4.85. The van der Waals surface area contributed by atoms with Crippen LogP contribution in [0.15, 0.2) is 48.5 Å². The first-order valence-corrected chi connectivity index (χ1v) is 11.8. The molecule has 0 unspecified atom stereocenters. The number of hydrogen-bond acceptors (Lipinski definition) is 8. The first-order chi connectivity index (χ1) is 16.2. The lowest BCUT2D eigenvalue weighted by molar-refractivity contribution is -0.497. The first-order valence-electron chi connectivity index (χ1n) is 11.8.